The fourth-order valence-electron chi connectivity index (χ4n) is 1.87. The molecule has 0 radical (unpaired) electrons. The number of hydrogen-bond acceptors (Lipinski definition) is 3. The molecule has 1 aliphatic heterocycles. The van der Waals surface area contributed by atoms with E-state index in [2.05, 4.69) is 0 Å². The Balaban J connectivity index is 2.17. The van der Waals surface area contributed by atoms with Crippen molar-refractivity contribution in [2.24, 2.45) is 5.41 Å². The van der Waals surface area contributed by atoms with E-state index in [4.69, 9.17) is 15.0 Å². The number of halogens is 3. The SMILES string of the molecule is CC1(C)COB(c2ccc(C(F)(F)F)c(N)c2)OC1. The highest BCUT2D eigenvalue weighted by Gasteiger charge is 2.36. The van der Waals surface area contributed by atoms with Crippen molar-refractivity contribution in [1.29, 1.82) is 0 Å². The van der Waals surface area contributed by atoms with Crippen LogP contribution in [0.1, 0.15) is 19.4 Å². The highest BCUT2D eigenvalue weighted by Crippen LogP contribution is 2.33. The minimum absolute atomic E-state index is 0.0893. The van der Waals surface area contributed by atoms with Gasteiger partial charge in [0.05, 0.1) is 5.56 Å². The Labute approximate surface area is 110 Å². The van der Waals surface area contributed by atoms with Crippen molar-refractivity contribution in [2.75, 3.05) is 18.9 Å². The molecule has 1 aromatic carbocycles. The minimum Gasteiger partial charge on any atom is -0.407 e. The van der Waals surface area contributed by atoms with Crippen molar-refractivity contribution in [1.82, 2.24) is 0 Å². The standard InChI is InChI=1S/C12H15BF3NO2/c1-11(2)6-18-13(19-7-11)8-3-4-9(10(17)5-8)12(14,15)16/h3-5H,6-7,17H2,1-2H3. The van der Waals surface area contributed by atoms with Gasteiger partial charge >= 0.3 is 13.3 Å². The average Bonchev–Trinajstić information content (AvgIpc) is 2.27. The van der Waals surface area contributed by atoms with E-state index in [9.17, 15) is 13.2 Å². The second kappa shape index (κ2) is 4.72. The predicted octanol–water partition coefficient (Wildman–Crippen LogP) is 2.06. The maximum Gasteiger partial charge on any atom is 0.493 e. The molecule has 3 nitrogen and oxygen atoms in total. The van der Waals surface area contributed by atoms with Gasteiger partial charge in [0, 0.05) is 24.3 Å². The summed E-state index contributed by atoms with van der Waals surface area (Å²) < 4.78 is 48.7. The second-order valence-corrected chi connectivity index (χ2v) is 5.46. The van der Waals surface area contributed by atoms with Crippen LogP contribution in [0.15, 0.2) is 18.2 Å². The van der Waals surface area contributed by atoms with Crippen LogP contribution in [-0.4, -0.2) is 20.3 Å². The summed E-state index contributed by atoms with van der Waals surface area (Å²) in [4.78, 5) is 0. The van der Waals surface area contributed by atoms with Gasteiger partial charge in [0.2, 0.25) is 0 Å². The van der Waals surface area contributed by atoms with Crippen LogP contribution in [0, 0.1) is 5.41 Å². The molecule has 0 aromatic heterocycles. The van der Waals surface area contributed by atoms with E-state index in [0.29, 0.717) is 18.7 Å². The molecule has 1 saturated heterocycles. The van der Waals surface area contributed by atoms with E-state index in [-0.39, 0.29) is 11.1 Å². The van der Waals surface area contributed by atoms with Gasteiger partial charge in [-0.3, -0.25) is 0 Å². The molecule has 104 valence electrons. The van der Waals surface area contributed by atoms with Crippen molar-refractivity contribution in [3.8, 4) is 0 Å². The first-order valence-electron chi connectivity index (χ1n) is 5.89. The van der Waals surface area contributed by atoms with Crippen LogP contribution in [0.5, 0.6) is 0 Å². The van der Waals surface area contributed by atoms with Crippen molar-refractivity contribution in [2.45, 2.75) is 20.0 Å². The Bertz CT molecular complexity index is 467. The Morgan fingerprint density at radius 2 is 1.79 bits per heavy atom. The van der Waals surface area contributed by atoms with Crippen LogP contribution in [-0.2, 0) is 15.5 Å². The molecule has 1 aliphatic rings. The molecule has 19 heavy (non-hydrogen) atoms. The van der Waals surface area contributed by atoms with Crippen LogP contribution in [0.4, 0.5) is 18.9 Å². The molecule has 1 heterocycles. The third-order valence-electron chi connectivity index (χ3n) is 2.90. The van der Waals surface area contributed by atoms with E-state index in [1.54, 1.807) is 0 Å². The summed E-state index contributed by atoms with van der Waals surface area (Å²) in [5, 5.41) is 0. The van der Waals surface area contributed by atoms with E-state index in [0.717, 1.165) is 6.07 Å². The Kier molecular flexibility index (Phi) is 3.53. The van der Waals surface area contributed by atoms with E-state index >= 15 is 0 Å². The molecule has 0 unspecified atom stereocenters. The van der Waals surface area contributed by atoms with Gasteiger partial charge in [0.25, 0.3) is 0 Å². The number of anilines is 1. The molecular formula is C12H15BF3NO2. The first kappa shape index (κ1) is 14.2. The van der Waals surface area contributed by atoms with Crippen LogP contribution < -0.4 is 11.2 Å². The molecule has 1 aromatic rings. The maximum atomic E-state index is 12.6. The monoisotopic (exact) mass is 273 g/mol. The first-order valence-corrected chi connectivity index (χ1v) is 5.89. The normalized spacial score (nSPS) is 19.5. The lowest BCUT2D eigenvalue weighted by Gasteiger charge is -2.33. The number of hydrogen-bond donors (Lipinski definition) is 1. The zero-order valence-electron chi connectivity index (χ0n) is 10.8. The predicted molar refractivity (Wildman–Crippen MR) is 66.9 cm³/mol. The Morgan fingerprint density at radius 1 is 1.21 bits per heavy atom. The third-order valence-corrected chi connectivity index (χ3v) is 2.90. The topological polar surface area (TPSA) is 44.5 Å². The zero-order chi connectivity index (χ0) is 14.3. The summed E-state index contributed by atoms with van der Waals surface area (Å²) in [6, 6.07) is 3.55. The van der Waals surface area contributed by atoms with Crippen LogP contribution >= 0.6 is 0 Å². The molecule has 1 fully saturated rings. The van der Waals surface area contributed by atoms with E-state index < -0.39 is 18.9 Å². The molecule has 7 heteroatoms. The lowest BCUT2D eigenvalue weighted by molar-refractivity contribution is -0.136. The summed E-state index contributed by atoms with van der Waals surface area (Å²) in [7, 11) is -0.655. The highest BCUT2D eigenvalue weighted by atomic mass is 19.4. The number of nitrogens with two attached hydrogens (primary N) is 1. The molecule has 0 amide bonds. The summed E-state index contributed by atoms with van der Waals surface area (Å²) >= 11 is 0. The fourth-order valence-corrected chi connectivity index (χ4v) is 1.87. The van der Waals surface area contributed by atoms with Crippen LogP contribution in [0.2, 0.25) is 0 Å². The molecule has 0 spiro atoms. The number of rotatable bonds is 1. The minimum atomic E-state index is -4.45. The van der Waals surface area contributed by atoms with Crippen molar-refractivity contribution >= 4 is 18.3 Å². The van der Waals surface area contributed by atoms with Gasteiger partial charge in [-0.2, -0.15) is 13.2 Å². The van der Waals surface area contributed by atoms with Crippen LogP contribution in [0.3, 0.4) is 0 Å². The van der Waals surface area contributed by atoms with Gasteiger partial charge < -0.3 is 15.0 Å². The first-order chi connectivity index (χ1) is 8.69. The summed E-state index contributed by atoms with van der Waals surface area (Å²) in [5.74, 6) is 0. The lowest BCUT2D eigenvalue weighted by Crippen LogP contribution is -2.47. The smallest absolute Gasteiger partial charge is 0.407 e. The van der Waals surface area contributed by atoms with Crippen LogP contribution in [0.25, 0.3) is 0 Å². The molecule has 0 atom stereocenters. The van der Waals surface area contributed by atoms with Crippen molar-refractivity contribution in [3.05, 3.63) is 23.8 Å². The highest BCUT2D eigenvalue weighted by molar-refractivity contribution is 6.61. The molecule has 2 N–H and O–H groups in total. The number of benzene rings is 1. The van der Waals surface area contributed by atoms with E-state index in [1.165, 1.54) is 12.1 Å². The second-order valence-electron chi connectivity index (χ2n) is 5.46. The van der Waals surface area contributed by atoms with Gasteiger partial charge in [0.1, 0.15) is 0 Å². The molecule has 0 saturated carbocycles. The Hall–Kier alpha value is -1.21. The zero-order valence-corrected chi connectivity index (χ0v) is 10.8. The summed E-state index contributed by atoms with van der Waals surface area (Å²) in [5.41, 5.74) is 4.69. The van der Waals surface area contributed by atoms with Crippen molar-refractivity contribution in [3.63, 3.8) is 0 Å². The van der Waals surface area contributed by atoms with Gasteiger partial charge in [-0.1, -0.05) is 19.9 Å². The summed E-state index contributed by atoms with van der Waals surface area (Å²) in [6.07, 6.45) is -4.45. The summed E-state index contributed by atoms with van der Waals surface area (Å²) in [6.45, 7) is 4.95. The van der Waals surface area contributed by atoms with E-state index in [1.807, 2.05) is 13.8 Å². The Morgan fingerprint density at radius 3 is 2.26 bits per heavy atom. The third kappa shape index (κ3) is 3.22. The lowest BCUT2D eigenvalue weighted by atomic mass is 9.75. The van der Waals surface area contributed by atoms with Gasteiger partial charge in [-0.25, -0.2) is 0 Å². The number of nitrogen functional groups attached to an aromatic ring is 1. The molecule has 0 bridgehead atoms. The molecule has 2 rings (SSSR count). The van der Waals surface area contributed by atoms with Gasteiger partial charge in [-0.05, 0) is 17.6 Å². The maximum absolute atomic E-state index is 12.6. The fraction of sp³-hybridized carbons (Fsp3) is 0.500. The van der Waals surface area contributed by atoms with Gasteiger partial charge in [0.15, 0.2) is 0 Å². The number of alkyl halides is 3. The largest absolute Gasteiger partial charge is 0.493 e. The quantitative estimate of drug-likeness (QED) is 0.629. The molecule has 0 aliphatic carbocycles. The van der Waals surface area contributed by atoms with Crippen molar-refractivity contribution < 1.29 is 22.5 Å². The van der Waals surface area contributed by atoms with Gasteiger partial charge in [-0.15, -0.1) is 0 Å². The average molecular weight is 273 g/mol. The molecular weight excluding hydrogens is 258 g/mol.